The number of amides is 1. The molecule has 3 rings (SSSR count). The number of likely N-dealkylation sites (tertiary alicyclic amines) is 1. The number of piperidine rings is 1. The number of nitrogens with zero attached hydrogens (tertiary/aromatic N) is 1. The highest BCUT2D eigenvalue weighted by atomic mass is 35.5. The van der Waals surface area contributed by atoms with E-state index in [1.165, 1.54) is 23.8 Å². The number of hydrogen-bond acceptors (Lipinski definition) is 4. The van der Waals surface area contributed by atoms with E-state index in [0.29, 0.717) is 31.4 Å². The van der Waals surface area contributed by atoms with Crippen LogP contribution >= 0.6 is 11.6 Å². The van der Waals surface area contributed by atoms with Gasteiger partial charge in [-0.15, -0.1) is 0 Å². The van der Waals surface area contributed by atoms with Gasteiger partial charge in [-0.2, -0.15) is 4.72 Å². The Morgan fingerprint density at radius 1 is 1.19 bits per heavy atom. The lowest BCUT2D eigenvalue weighted by Crippen LogP contribution is -2.49. The van der Waals surface area contributed by atoms with E-state index in [0.717, 1.165) is 19.3 Å². The summed E-state index contributed by atoms with van der Waals surface area (Å²) in [7, 11) is -3.89. The van der Waals surface area contributed by atoms with E-state index >= 15 is 0 Å². The monoisotopic (exact) mass is 464 g/mol. The van der Waals surface area contributed by atoms with Gasteiger partial charge >= 0.3 is 0 Å². The van der Waals surface area contributed by atoms with Gasteiger partial charge in [-0.05, 0) is 62.8 Å². The van der Waals surface area contributed by atoms with Crippen LogP contribution < -0.4 is 9.46 Å². The fraction of sp³-hybridized carbons (Fsp3) is 0.435. The number of carbonyl (C=O) groups excluding carboxylic acids is 1. The number of halogens is 1. The summed E-state index contributed by atoms with van der Waals surface area (Å²) in [5, 5.41) is 0.212. The van der Waals surface area contributed by atoms with E-state index < -0.39 is 16.1 Å². The third-order valence-corrected chi connectivity index (χ3v) is 7.34. The highest BCUT2D eigenvalue weighted by molar-refractivity contribution is 7.89. The molecule has 0 bridgehead atoms. The first kappa shape index (κ1) is 23.6. The minimum atomic E-state index is -3.89. The molecule has 0 aromatic heterocycles. The molecule has 1 aliphatic rings. The molecule has 2 aromatic carbocycles. The van der Waals surface area contributed by atoms with Crippen molar-refractivity contribution in [2.24, 2.45) is 5.92 Å². The fourth-order valence-corrected chi connectivity index (χ4v) is 5.37. The van der Waals surface area contributed by atoms with Crippen LogP contribution in [0.15, 0.2) is 53.4 Å². The molecule has 2 aromatic rings. The van der Waals surface area contributed by atoms with E-state index in [9.17, 15) is 13.2 Å². The smallest absolute Gasteiger partial charge is 0.241 e. The number of rotatable bonds is 8. The molecule has 0 aliphatic carbocycles. The topological polar surface area (TPSA) is 75.7 Å². The molecule has 6 nitrogen and oxygen atoms in total. The molecular weight excluding hydrogens is 436 g/mol. The molecule has 0 unspecified atom stereocenters. The van der Waals surface area contributed by atoms with Gasteiger partial charge in [0.05, 0.1) is 22.6 Å². The van der Waals surface area contributed by atoms with E-state index in [1.54, 1.807) is 11.8 Å². The number of sulfonamides is 1. The van der Waals surface area contributed by atoms with E-state index in [4.69, 9.17) is 16.3 Å². The van der Waals surface area contributed by atoms with Crippen LogP contribution in [0.4, 0.5) is 0 Å². The second kappa shape index (κ2) is 10.5. The Labute approximate surface area is 189 Å². The maximum Gasteiger partial charge on any atom is 0.241 e. The molecule has 1 atom stereocenters. The summed E-state index contributed by atoms with van der Waals surface area (Å²) in [5.74, 6) is 0.744. The van der Waals surface area contributed by atoms with E-state index in [2.05, 4.69) is 16.9 Å². The number of nitrogens with one attached hydrogen (secondary N) is 1. The van der Waals surface area contributed by atoms with Crippen molar-refractivity contribution in [3.8, 4) is 5.75 Å². The number of benzene rings is 2. The minimum Gasteiger partial charge on any atom is -0.492 e. The molecule has 8 heteroatoms. The molecule has 1 N–H and O–H groups in total. The van der Waals surface area contributed by atoms with Gasteiger partial charge in [0.1, 0.15) is 5.75 Å². The first-order valence-electron chi connectivity index (χ1n) is 10.6. The third kappa shape index (κ3) is 6.21. The molecule has 1 fully saturated rings. The highest BCUT2D eigenvalue weighted by Gasteiger charge is 2.29. The average Bonchev–Trinajstić information content (AvgIpc) is 2.75. The normalized spacial score (nSPS) is 16.2. The minimum absolute atomic E-state index is 0.00201. The Bertz CT molecular complexity index is 990. The van der Waals surface area contributed by atoms with E-state index in [1.807, 2.05) is 25.1 Å². The molecule has 168 valence electrons. The quantitative estimate of drug-likeness (QED) is 0.643. The molecular formula is C23H29ClN2O4S. The van der Waals surface area contributed by atoms with Gasteiger partial charge in [-0.25, -0.2) is 8.42 Å². The zero-order valence-electron chi connectivity index (χ0n) is 17.9. The summed E-state index contributed by atoms with van der Waals surface area (Å²) in [6, 6.07) is 13.8. The summed E-state index contributed by atoms with van der Waals surface area (Å²) in [5.41, 5.74) is 1.31. The highest BCUT2D eigenvalue weighted by Crippen LogP contribution is 2.27. The van der Waals surface area contributed by atoms with Gasteiger partial charge in [0, 0.05) is 13.1 Å². The molecule has 1 heterocycles. The van der Waals surface area contributed by atoms with Gasteiger partial charge < -0.3 is 9.64 Å². The van der Waals surface area contributed by atoms with Crippen molar-refractivity contribution in [3.05, 3.63) is 59.1 Å². The lowest BCUT2D eigenvalue weighted by molar-refractivity contribution is -0.133. The first-order valence-corrected chi connectivity index (χ1v) is 12.4. The Morgan fingerprint density at radius 2 is 1.87 bits per heavy atom. The van der Waals surface area contributed by atoms with Crippen LogP contribution in [0.5, 0.6) is 5.75 Å². The zero-order valence-corrected chi connectivity index (χ0v) is 19.5. The Balaban J connectivity index is 1.56. The Kier molecular flexibility index (Phi) is 7.97. The summed E-state index contributed by atoms with van der Waals surface area (Å²) < 4.78 is 33.3. The second-order valence-electron chi connectivity index (χ2n) is 7.83. The van der Waals surface area contributed by atoms with Crippen LogP contribution in [0.25, 0.3) is 0 Å². The average molecular weight is 465 g/mol. The van der Waals surface area contributed by atoms with Gasteiger partial charge in [-0.3, -0.25) is 4.79 Å². The van der Waals surface area contributed by atoms with Crippen molar-refractivity contribution in [1.29, 1.82) is 0 Å². The molecule has 0 saturated carbocycles. The van der Waals surface area contributed by atoms with Crippen molar-refractivity contribution in [2.75, 3.05) is 19.7 Å². The van der Waals surface area contributed by atoms with Crippen LogP contribution in [-0.2, 0) is 21.2 Å². The standard InChI is InChI=1S/C23H29ClN2O4S/c1-3-30-22-10-9-20(16-21(22)24)31(28,29)25-17(2)23(27)26-13-11-19(12-14-26)15-18-7-5-4-6-8-18/h4-10,16-17,19,25H,3,11-15H2,1-2H3/t17-/m0/s1. The Hall–Kier alpha value is -2.09. The maximum atomic E-state index is 12.8. The fourth-order valence-electron chi connectivity index (χ4n) is 3.85. The van der Waals surface area contributed by atoms with Crippen LogP contribution in [-0.4, -0.2) is 45.0 Å². The van der Waals surface area contributed by atoms with Gasteiger partial charge in [0.2, 0.25) is 15.9 Å². The summed E-state index contributed by atoms with van der Waals surface area (Å²) in [6.45, 7) is 5.10. The lowest BCUT2D eigenvalue weighted by Gasteiger charge is -2.33. The largest absolute Gasteiger partial charge is 0.492 e. The van der Waals surface area contributed by atoms with Crippen molar-refractivity contribution >= 4 is 27.5 Å². The first-order chi connectivity index (χ1) is 14.8. The van der Waals surface area contributed by atoms with Gasteiger partial charge in [0.15, 0.2) is 0 Å². The molecule has 1 amide bonds. The predicted molar refractivity (Wildman–Crippen MR) is 122 cm³/mol. The van der Waals surface area contributed by atoms with Gasteiger partial charge in [0.25, 0.3) is 0 Å². The van der Waals surface area contributed by atoms with Crippen LogP contribution in [0.2, 0.25) is 5.02 Å². The molecule has 31 heavy (non-hydrogen) atoms. The molecule has 0 radical (unpaired) electrons. The van der Waals surface area contributed by atoms with Crippen molar-refractivity contribution in [2.45, 2.75) is 44.0 Å². The van der Waals surface area contributed by atoms with Crippen molar-refractivity contribution in [3.63, 3.8) is 0 Å². The number of carbonyl (C=O) groups is 1. The van der Waals surface area contributed by atoms with Gasteiger partial charge in [-0.1, -0.05) is 41.9 Å². The molecule has 1 aliphatic heterocycles. The lowest BCUT2D eigenvalue weighted by atomic mass is 9.90. The summed E-state index contributed by atoms with van der Waals surface area (Å²) >= 11 is 6.11. The van der Waals surface area contributed by atoms with Crippen LogP contribution in [0.3, 0.4) is 0 Å². The molecule has 0 spiro atoms. The maximum absolute atomic E-state index is 12.8. The van der Waals surface area contributed by atoms with Crippen molar-refractivity contribution < 1.29 is 17.9 Å². The van der Waals surface area contributed by atoms with Crippen LogP contribution in [0, 0.1) is 5.92 Å². The second-order valence-corrected chi connectivity index (χ2v) is 9.95. The Morgan fingerprint density at radius 3 is 2.48 bits per heavy atom. The number of hydrogen-bond donors (Lipinski definition) is 1. The SMILES string of the molecule is CCOc1ccc(S(=O)(=O)N[C@@H](C)C(=O)N2CCC(Cc3ccccc3)CC2)cc1Cl. The van der Waals surface area contributed by atoms with Crippen molar-refractivity contribution in [1.82, 2.24) is 9.62 Å². The summed E-state index contributed by atoms with van der Waals surface area (Å²) in [4.78, 5) is 14.6. The number of ether oxygens (including phenoxy) is 1. The predicted octanol–water partition coefficient (Wildman–Crippen LogP) is 3.89. The third-order valence-electron chi connectivity index (χ3n) is 5.51. The summed E-state index contributed by atoms with van der Waals surface area (Å²) in [6.07, 6.45) is 2.83. The van der Waals surface area contributed by atoms with E-state index in [-0.39, 0.29) is 15.8 Å². The van der Waals surface area contributed by atoms with Crippen LogP contribution in [0.1, 0.15) is 32.3 Å². The zero-order chi connectivity index (χ0) is 22.4. The molecule has 1 saturated heterocycles.